The van der Waals surface area contributed by atoms with E-state index in [1.54, 1.807) is 0 Å². The molecular weight excluding hydrogens is 178 g/mol. The van der Waals surface area contributed by atoms with Crippen LogP contribution in [0.2, 0.25) is 0 Å². The number of nitrogens with zero attached hydrogens (tertiary/aromatic N) is 1. The molecule has 5 heteroatoms. The molecule has 0 saturated heterocycles. The van der Waals surface area contributed by atoms with Crippen molar-refractivity contribution in [3.05, 3.63) is 0 Å². The number of likely N-dealkylation sites (N-methyl/N-ethyl adjacent to an activating group) is 1. The summed E-state index contributed by atoms with van der Waals surface area (Å²) in [5.41, 5.74) is 0. The number of carbonyl (C=O) groups excluding carboxylic acids is 1. The fourth-order valence-corrected chi connectivity index (χ4v) is 0.816. The molecule has 0 radical (unpaired) electrons. The lowest BCUT2D eigenvalue weighted by Crippen LogP contribution is -2.38. The number of amides is 1. The summed E-state index contributed by atoms with van der Waals surface area (Å²) in [5.74, 6) is -0.297. The van der Waals surface area contributed by atoms with Crippen molar-refractivity contribution in [2.45, 2.75) is 19.8 Å². The molecule has 0 atom stereocenters. The monoisotopic (exact) mass is 194 g/mol. The number of carbonyl (C=O) groups is 1. The second kappa shape index (κ2) is 6.77. The van der Waals surface area contributed by atoms with E-state index in [1.807, 2.05) is 6.92 Å². The maximum absolute atomic E-state index is 11.8. The van der Waals surface area contributed by atoms with Crippen LogP contribution in [-0.4, -0.2) is 43.9 Å². The molecule has 0 fully saturated rings. The van der Waals surface area contributed by atoms with Gasteiger partial charge in [0.2, 0.25) is 5.91 Å². The molecule has 13 heavy (non-hydrogen) atoms. The maximum atomic E-state index is 11.8. The van der Waals surface area contributed by atoms with Crippen LogP contribution >= 0.6 is 0 Å². The molecular formula is C8H16F2N2O. The fraction of sp³-hybridized carbons (Fsp3) is 0.875. The number of nitrogens with one attached hydrogen (secondary N) is 1. The van der Waals surface area contributed by atoms with Crippen molar-refractivity contribution in [3.63, 3.8) is 0 Å². The van der Waals surface area contributed by atoms with E-state index in [-0.39, 0.29) is 12.5 Å². The summed E-state index contributed by atoms with van der Waals surface area (Å²) in [6.07, 6.45) is -1.54. The van der Waals surface area contributed by atoms with E-state index in [9.17, 15) is 13.6 Å². The fourth-order valence-electron chi connectivity index (χ4n) is 0.816. The van der Waals surface area contributed by atoms with Gasteiger partial charge in [0.15, 0.2) is 0 Å². The molecule has 0 unspecified atom stereocenters. The van der Waals surface area contributed by atoms with Crippen molar-refractivity contribution < 1.29 is 13.6 Å². The minimum atomic E-state index is -2.46. The predicted molar refractivity (Wildman–Crippen MR) is 46.8 cm³/mol. The standard InChI is InChI=1S/C8H16F2N2O/c1-3-4-11-5-8(13)12(2)6-7(9)10/h7,11H,3-6H2,1-2H3. The average molecular weight is 194 g/mol. The lowest BCUT2D eigenvalue weighted by atomic mass is 10.4. The Morgan fingerprint density at radius 3 is 2.62 bits per heavy atom. The zero-order valence-electron chi connectivity index (χ0n) is 8.02. The van der Waals surface area contributed by atoms with Gasteiger partial charge in [0, 0.05) is 7.05 Å². The molecule has 1 amide bonds. The molecule has 0 heterocycles. The van der Waals surface area contributed by atoms with E-state index >= 15 is 0 Å². The third kappa shape index (κ3) is 6.45. The van der Waals surface area contributed by atoms with Crippen LogP contribution in [0.4, 0.5) is 8.78 Å². The largest absolute Gasteiger partial charge is 0.339 e. The number of rotatable bonds is 6. The summed E-state index contributed by atoms with van der Waals surface area (Å²) in [6.45, 7) is 2.35. The lowest BCUT2D eigenvalue weighted by Gasteiger charge is -2.16. The van der Waals surface area contributed by atoms with Gasteiger partial charge in [0.25, 0.3) is 6.43 Å². The molecule has 0 rings (SSSR count). The Morgan fingerprint density at radius 1 is 1.54 bits per heavy atom. The van der Waals surface area contributed by atoms with E-state index in [0.717, 1.165) is 17.9 Å². The summed E-state index contributed by atoms with van der Waals surface area (Å²) in [4.78, 5) is 12.1. The number of alkyl halides is 2. The second-order valence-electron chi connectivity index (χ2n) is 2.84. The van der Waals surface area contributed by atoms with Crippen molar-refractivity contribution in [2.24, 2.45) is 0 Å². The van der Waals surface area contributed by atoms with Gasteiger partial charge < -0.3 is 10.2 Å². The highest BCUT2D eigenvalue weighted by molar-refractivity contribution is 5.77. The van der Waals surface area contributed by atoms with Gasteiger partial charge in [-0.1, -0.05) is 6.92 Å². The molecule has 78 valence electrons. The number of hydrogen-bond acceptors (Lipinski definition) is 2. The highest BCUT2D eigenvalue weighted by Gasteiger charge is 2.12. The zero-order valence-corrected chi connectivity index (χ0v) is 8.02. The topological polar surface area (TPSA) is 32.3 Å². The molecule has 0 aromatic heterocycles. The smallest absolute Gasteiger partial charge is 0.255 e. The number of halogens is 2. The molecule has 0 aromatic carbocycles. The van der Waals surface area contributed by atoms with Crippen molar-refractivity contribution in [1.29, 1.82) is 0 Å². The Balaban J connectivity index is 3.57. The van der Waals surface area contributed by atoms with Gasteiger partial charge >= 0.3 is 0 Å². The molecule has 0 saturated carbocycles. The minimum absolute atomic E-state index is 0.136. The predicted octanol–water partition coefficient (Wildman–Crippen LogP) is 0.709. The summed E-state index contributed by atoms with van der Waals surface area (Å²) in [7, 11) is 1.38. The first-order valence-corrected chi connectivity index (χ1v) is 4.30. The Kier molecular flexibility index (Phi) is 6.40. The lowest BCUT2D eigenvalue weighted by molar-refractivity contribution is -0.130. The molecule has 0 aliphatic rings. The van der Waals surface area contributed by atoms with Gasteiger partial charge in [-0.05, 0) is 13.0 Å². The van der Waals surface area contributed by atoms with Gasteiger partial charge in [-0.3, -0.25) is 4.79 Å². The number of hydrogen-bond donors (Lipinski definition) is 1. The zero-order chi connectivity index (χ0) is 10.3. The van der Waals surface area contributed by atoms with Gasteiger partial charge in [-0.2, -0.15) is 0 Å². The average Bonchev–Trinajstić information content (AvgIpc) is 2.03. The van der Waals surface area contributed by atoms with Crippen molar-refractivity contribution >= 4 is 5.91 Å². The van der Waals surface area contributed by atoms with Crippen LogP contribution in [0.5, 0.6) is 0 Å². The SMILES string of the molecule is CCCNCC(=O)N(C)CC(F)F. The van der Waals surface area contributed by atoms with E-state index in [4.69, 9.17) is 0 Å². The molecule has 0 spiro atoms. The molecule has 0 bridgehead atoms. The quantitative estimate of drug-likeness (QED) is 0.631. The third-order valence-corrected chi connectivity index (χ3v) is 1.54. The van der Waals surface area contributed by atoms with Crippen LogP contribution in [0.15, 0.2) is 0 Å². The van der Waals surface area contributed by atoms with E-state index in [1.165, 1.54) is 7.05 Å². The van der Waals surface area contributed by atoms with Crippen LogP contribution in [0.1, 0.15) is 13.3 Å². The molecule has 3 nitrogen and oxygen atoms in total. The van der Waals surface area contributed by atoms with Gasteiger partial charge in [0.1, 0.15) is 0 Å². The van der Waals surface area contributed by atoms with Crippen LogP contribution in [0.25, 0.3) is 0 Å². The van der Waals surface area contributed by atoms with Crippen molar-refractivity contribution in [3.8, 4) is 0 Å². The van der Waals surface area contributed by atoms with Gasteiger partial charge in [-0.15, -0.1) is 0 Å². The van der Waals surface area contributed by atoms with E-state index < -0.39 is 13.0 Å². The summed E-state index contributed by atoms with van der Waals surface area (Å²) in [5, 5.41) is 2.85. The third-order valence-electron chi connectivity index (χ3n) is 1.54. The Labute approximate surface area is 77.1 Å². The van der Waals surface area contributed by atoms with Gasteiger partial charge in [-0.25, -0.2) is 8.78 Å². The molecule has 0 aromatic rings. The highest BCUT2D eigenvalue weighted by Crippen LogP contribution is 1.95. The second-order valence-corrected chi connectivity index (χ2v) is 2.84. The van der Waals surface area contributed by atoms with Crippen molar-refractivity contribution in [2.75, 3.05) is 26.7 Å². The van der Waals surface area contributed by atoms with Crippen LogP contribution in [0.3, 0.4) is 0 Å². The summed E-state index contributed by atoms with van der Waals surface area (Å²) in [6, 6.07) is 0. The van der Waals surface area contributed by atoms with Gasteiger partial charge in [0.05, 0.1) is 13.1 Å². The maximum Gasteiger partial charge on any atom is 0.255 e. The Bertz CT molecular complexity index is 153. The van der Waals surface area contributed by atoms with E-state index in [2.05, 4.69) is 5.32 Å². The minimum Gasteiger partial charge on any atom is -0.339 e. The summed E-state index contributed by atoms with van der Waals surface area (Å²) >= 11 is 0. The van der Waals surface area contributed by atoms with Crippen LogP contribution in [-0.2, 0) is 4.79 Å². The highest BCUT2D eigenvalue weighted by atomic mass is 19.3. The van der Waals surface area contributed by atoms with Crippen LogP contribution in [0, 0.1) is 0 Å². The van der Waals surface area contributed by atoms with Crippen LogP contribution < -0.4 is 5.32 Å². The first kappa shape index (κ1) is 12.3. The first-order valence-electron chi connectivity index (χ1n) is 4.30. The molecule has 1 N–H and O–H groups in total. The van der Waals surface area contributed by atoms with Crippen molar-refractivity contribution in [1.82, 2.24) is 10.2 Å². The Morgan fingerprint density at radius 2 is 2.15 bits per heavy atom. The first-order chi connectivity index (χ1) is 6.07. The summed E-state index contributed by atoms with van der Waals surface area (Å²) < 4.78 is 23.6. The Hall–Kier alpha value is -0.710. The molecule has 0 aliphatic carbocycles. The molecule has 0 aliphatic heterocycles. The van der Waals surface area contributed by atoms with E-state index in [0.29, 0.717) is 0 Å². The normalized spacial score (nSPS) is 10.5.